The van der Waals surface area contributed by atoms with Gasteiger partial charge in [0.1, 0.15) is 0 Å². The fraction of sp³-hybridized carbons (Fsp3) is 0.200. The molecular formula is C15H15Br. The van der Waals surface area contributed by atoms with Gasteiger partial charge in [0, 0.05) is 0 Å². The quantitative estimate of drug-likeness (QED) is 0.727. The molecule has 16 heavy (non-hydrogen) atoms. The standard InChI is InChI=1S/C15H15Br/c1-3-4-5-14-11(2)6-7-12-8-9-13(16)10-15(12)14/h3,5-7,10H,1-2,4,8-9H2/b14-5-. The Hall–Kier alpha value is -1.08. The number of hydrogen-bond donors (Lipinski definition) is 0. The second kappa shape index (κ2) is 4.84. The summed E-state index contributed by atoms with van der Waals surface area (Å²) in [5.41, 5.74) is 2.75. The Bertz CT molecular complexity index is 550. The van der Waals surface area contributed by atoms with Gasteiger partial charge in [-0.05, 0) is 51.4 Å². The maximum absolute atomic E-state index is 4.10. The molecule has 0 radical (unpaired) electrons. The van der Waals surface area contributed by atoms with Crippen molar-refractivity contribution in [2.24, 2.45) is 0 Å². The normalized spacial score (nSPS) is 15.6. The van der Waals surface area contributed by atoms with Crippen molar-refractivity contribution in [3.8, 4) is 0 Å². The van der Waals surface area contributed by atoms with E-state index in [0.29, 0.717) is 0 Å². The van der Waals surface area contributed by atoms with Crippen LogP contribution in [-0.4, -0.2) is 0 Å². The van der Waals surface area contributed by atoms with Crippen LogP contribution in [0.4, 0.5) is 0 Å². The molecular weight excluding hydrogens is 260 g/mol. The highest BCUT2D eigenvalue weighted by Crippen LogP contribution is 2.24. The predicted molar refractivity (Wildman–Crippen MR) is 75.7 cm³/mol. The second-order valence-corrected chi connectivity index (χ2v) is 5.05. The number of benzene rings is 1. The van der Waals surface area contributed by atoms with Crippen molar-refractivity contribution in [3.63, 3.8) is 0 Å². The summed E-state index contributed by atoms with van der Waals surface area (Å²) in [6.45, 7) is 7.85. The fourth-order valence-electron chi connectivity index (χ4n) is 2.04. The van der Waals surface area contributed by atoms with Crippen molar-refractivity contribution >= 4 is 34.7 Å². The lowest BCUT2D eigenvalue weighted by Crippen LogP contribution is -2.28. The minimum absolute atomic E-state index is 0.893. The van der Waals surface area contributed by atoms with Crippen molar-refractivity contribution < 1.29 is 0 Å². The van der Waals surface area contributed by atoms with Crippen molar-refractivity contribution in [1.82, 2.24) is 0 Å². The molecule has 0 aliphatic heterocycles. The van der Waals surface area contributed by atoms with Crippen molar-refractivity contribution in [2.75, 3.05) is 0 Å². The van der Waals surface area contributed by atoms with Gasteiger partial charge in [0.15, 0.2) is 0 Å². The molecule has 2 rings (SSSR count). The maximum atomic E-state index is 4.10. The Kier molecular flexibility index (Phi) is 3.45. The lowest BCUT2D eigenvalue weighted by molar-refractivity contribution is 0.971. The van der Waals surface area contributed by atoms with Crippen LogP contribution in [0.15, 0.2) is 29.3 Å². The number of halogens is 1. The SMILES string of the molecule is C=CC/C=c1\c2c(ccc1=C)CCC(Br)=C2. The van der Waals surface area contributed by atoms with Crippen LogP contribution in [0.5, 0.6) is 0 Å². The highest BCUT2D eigenvalue weighted by Gasteiger charge is 2.09. The third-order valence-corrected chi connectivity index (χ3v) is 3.52. The molecule has 82 valence electrons. The lowest BCUT2D eigenvalue weighted by Gasteiger charge is -2.13. The van der Waals surface area contributed by atoms with Crippen LogP contribution in [0.25, 0.3) is 18.7 Å². The van der Waals surface area contributed by atoms with Crippen LogP contribution in [-0.2, 0) is 6.42 Å². The molecule has 0 amide bonds. The molecule has 1 aliphatic rings. The zero-order valence-corrected chi connectivity index (χ0v) is 10.9. The molecule has 0 unspecified atom stereocenters. The summed E-state index contributed by atoms with van der Waals surface area (Å²) >= 11 is 3.59. The third kappa shape index (κ3) is 2.19. The topological polar surface area (TPSA) is 0 Å². The molecule has 0 saturated carbocycles. The van der Waals surface area contributed by atoms with E-state index in [4.69, 9.17) is 0 Å². The van der Waals surface area contributed by atoms with Gasteiger partial charge in [0.2, 0.25) is 0 Å². The van der Waals surface area contributed by atoms with Crippen LogP contribution < -0.4 is 10.4 Å². The number of fused-ring (bicyclic) bond motifs is 1. The summed E-state index contributed by atoms with van der Waals surface area (Å²) in [6, 6.07) is 4.31. The summed E-state index contributed by atoms with van der Waals surface area (Å²) < 4.78 is 1.28. The lowest BCUT2D eigenvalue weighted by atomic mass is 9.94. The molecule has 0 aromatic heterocycles. The molecule has 0 spiro atoms. The Morgan fingerprint density at radius 1 is 1.31 bits per heavy atom. The third-order valence-electron chi connectivity index (χ3n) is 2.89. The Balaban J connectivity index is 2.69. The van der Waals surface area contributed by atoms with E-state index in [0.717, 1.165) is 24.5 Å². The zero-order chi connectivity index (χ0) is 11.5. The minimum atomic E-state index is 0.893. The Morgan fingerprint density at radius 3 is 2.88 bits per heavy atom. The van der Waals surface area contributed by atoms with Gasteiger partial charge >= 0.3 is 0 Å². The first-order valence-electron chi connectivity index (χ1n) is 5.50. The Morgan fingerprint density at radius 2 is 2.12 bits per heavy atom. The molecule has 0 saturated heterocycles. The van der Waals surface area contributed by atoms with Crippen molar-refractivity contribution in [2.45, 2.75) is 19.3 Å². The predicted octanol–water partition coefficient (Wildman–Crippen LogP) is 3.14. The van der Waals surface area contributed by atoms with Crippen LogP contribution in [0, 0.1) is 0 Å². The molecule has 1 aromatic carbocycles. The van der Waals surface area contributed by atoms with Crippen molar-refractivity contribution in [3.05, 3.63) is 50.8 Å². The van der Waals surface area contributed by atoms with E-state index in [9.17, 15) is 0 Å². The van der Waals surface area contributed by atoms with E-state index >= 15 is 0 Å². The summed E-state index contributed by atoms with van der Waals surface area (Å²) in [5.74, 6) is 0. The molecule has 0 fully saturated rings. The second-order valence-electron chi connectivity index (χ2n) is 4.03. The molecule has 0 nitrogen and oxygen atoms in total. The average molecular weight is 275 g/mol. The number of aryl methyl sites for hydroxylation is 1. The summed E-state index contributed by atoms with van der Waals surface area (Å²) in [4.78, 5) is 0. The van der Waals surface area contributed by atoms with Gasteiger partial charge in [-0.25, -0.2) is 0 Å². The van der Waals surface area contributed by atoms with Gasteiger partial charge in [-0.15, -0.1) is 6.58 Å². The summed E-state index contributed by atoms with van der Waals surface area (Å²) in [5, 5.41) is 2.35. The van der Waals surface area contributed by atoms with E-state index in [1.165, 1.54) is 20.8 Å². The van der Waals surface area contributed by atoms with Gasteiger partial charge < -0.3 is 0 Å². The molecule has 1 aliphatic carbocycles. The first-order chi connectivity index (χ1) is 7.72. The van der Waals surface area contributed by atoms with Gasteiger partial charge in [-0.1, -0.05) is 46.8 Å². The molecule has 1 aromatic rings. The van der Waals surface area contributed by atoms with E-state index in [1.54, 1.807) is 0 Å². The van der Waals surface area contributed by atoms with Crippen molar-refractivity contribution in [1.29, 1.82) is 0 Å². The van der Waals surface area contributed by atoms with Gasteiger partial charge in [-0.2, -0.15) is 0 Å². The number of rotatable bonds is 2. The summed E-state index contributed by atoms with van der Waals surface area (Å²) in [6.07, 6.45) is 9.45. The fourth-order valence-corrected chi connectivity index (χ4v) is 2.47. The maximum Gasteiger partial charge on any atom is -0.00398 e. The highest BCUT2D eigenvalue weighted by molar-refractivity contribution is 9.11. The zero-order valence-electron chi connectivity index (χ0n) is 9.30. The molecule has 0 N–H and O–H groups in total. The van der Waals surface area contributed by atoms with Gasteiger partial charge in [0.05, 0.1) is 0 Å². The smallest absolute Gasteiger partial charge is 0.00398 e. The molecule has 0 heterocycles. The van der Waals surface area contributed by atoms with Crippen LogP contribution >= 0.6 is 15.9 Å². The van der Waals surface area contributed by atoms with Crippen LogP contribution in [0.2, 0.25) is 0 Å². The van der Waals surface area contributed by atoms with E-state index in [-0.39, 0.29) is 0 Å². The highest BCUT2D eigenvalue weighted by atomic mass is 79.9. The number of allylic oxidation sites excluding steroid dienone is 2. The van der Waals surface area contributed by atoms with Crippen LogP contribution in [0.3, 0.4) is 0 Å². The van der Waals surface area contributed by atoms with E-state index < -0.39 is 0 Å². The summed E-state index contributed by atoms with van der Waals surface area (Å²) in [7, 11) is 0. The number of hydrogen-bond acceptors (Lipinski definition) is 0. The first-order valence-corrected chi connectivity index (χ1v) is 6.29. The molecule has 1 heteroatoms. The minimum Gasteiger partial charge on any atom is -0.103 e. The van der Waals surface area contributed by atoms with E-state index in [1.807, 2.05) is 6.08 Å². The first kappa shape index (κ1) is 11.4. The van der Waals surface area contributed by atoms with Gasteiger partial charge in [-0.3, -0.25) is 0 Å². The van der Waals surface area contributed by atoms with Crippen LogP contribution in [0.1, 0.15) is 24.0 Å². The average Bonchev–Trinajstić information content (AvgIpc) is 2.28. The van der Waals surface area contributed by atoms with E-state index in [2.05, 4.69) is 53.4 Å². The Labute approximate surface area is 105 Å². The van der Waals surface area contributed by atoms with Gasteiger partial charge in [0.25, 0.3) is 0 Å². The monoisotopic (exact) mass is 274 g/mol. The molecule has 0 bridgehead atoms. The molecule has 0 atom stereocenters. The largest absolute Gasteiger partial charge is 0.103 e.